The molecule has 0 bridgehead atoms. The van der Waals surface area contributed by atoms with E-state index < -0.39 is 64.9 Å². The maximum atomic E-state index is 13.1. The van der Waals surface area contributed by atoms with E-state index in [1.807, 2.05) is 13.8 Å². The van der Waals surface area contributed by atoms with Crippen molar-refractivity contribution in [3.05, 3.63) is 35.9 Å². The van der Waals surface area contributed by atoms with Crippen LogP contribution in [-0.2, 0) is 42.7 Å². The first kappa shape index (κ1) is 42.0. The van der Waals surface area contributed by atoms with Gasteiger partial charge in [-0.05, 0) is 48.6 Å². The van der Waals surface area contributed by atoms with Crippen LogP contribution in [0.1, 0.15) is 85.5 Å². The second kappa shape index (κ2) is 18.1. The summed E-state index contributed by atoms with van der Waals surface area (Å²) in [4.78, 5) is 25.3. The topological polar surface area (TPSA) is 132 Å². The summed E-state index contributed by atoms with van der Waals surface area (Å²) in [6.45, 7) is 17.8. The Bertz CT molecular complexity index is 1320. The SMILES string of the molecule is CCC1O[C@H](OC2[C@@H](OCC3O[C@H](OC(=N)C(Cl)(Cl)Cl)C(OC(=O)c4ccccc4)[C@@H](C)[C@@H]3C)OC(CC)[C@@H](C)[C@@H]2C)C(OC(C)=O)[C@@H](C)[C@@H]1C. The molecule has 11 nitrogen and oxygen atoms in total. The van der Waals surface area contributed by atoms with Crippen LogP contribution in [0.5, 0.6) is 0 Å². The van der Waals surface area contributed by atoms with Crippen molar-refractivity contribution in [3.8, 4) is 0 Å². The van der Waals surface area contributed by atoms with Gasteiger partial charge in [-0.1, -0.05) is 108 Å². The summed E-state index contributed by atoms with van der Waals surface area (Å²) >= 11 is 17.9. The van der Waals surface area contributed by atoms with Crippen molar-refractivity contribution in [3.63, 3.8) is 0 Å². The van der Waals surface area contributed by atoms with Gasteiger partial charge in [0.1, 0.15) is 6.10 Å². The van der Waals surface area contributed by atoms with Gasteiger partial charge in [-0.3, -0.25) is 10.2 Å². The maximum absolute atomic E-state index is 13.1. The summed E-state index contributed by atoms with van der Waals surface area (Å²) < 4.78 is 47.9. The highest BCUT2D eigenvalue weighted by Gasteiger charge is 2.51. The van der Waals surface area contributed by atoms with Crippen LogP contribution < -0.4 is 0 Å². The third-order valence-electron chi connectivity index (χ3n) is 11.1. The second-order valence-corrected chi connectivity index (χ2v) is 16.6. The fourth-order valence-electron chi connectivity index (χ4n) is 7.24. The first-order valence-corrected chi connectivity index (χ1v) is 19.1. The zero-order chi connectivity index (χ0) is 37.8. The molecule has 1 aromatic carbocycles. The van der Waals surface area contributed by atoms with E-state index in [2.05, 4.69) is 41.5 Å². The van der Waals surface area contributed by atoms with E-state index in [4.69, 9.17) is 78.1 Å². The monoisotopic (exact) mass is 777 g/mol. The number of ether oxygens (including phenoxy) is 8. The Morgan fingerprint density at radius 3 is 1.71 bits per heavy atom. The van der Waals surface area contributed by atoms with E-state index in [0.29, 0.717) is 5.56 Å². The van der Waals surface area contributed by atoms with Crippen molar-refractivity contribution in [2.75, 3.05) is 6.61 Å². The molecule has 1 aromatic rings. The van der Waals surface area contributed by atoms with Crippen molar-refractivity contribution < 1.29 is 47.5 Å². The molecule has 0 aliphatic carbocycles. The molecule has 0 radical (unpaired) electrons. The smallest absolute Gasteiger partial charge is 0.338 e. The predicted molar refractivity (Wildman–Crippen MR) is 193 cm³/mol. The lowest BCUT2D eigenvalue weighted by atomic mass is 9.81. The number of alkyl halides is 3. The molecule has 1 N–H and O–H groups in total. The molecule has 0 saturated carbocycles. The standard InChI is InChI=1S/C37H54Cl3NO10/c1-10-26-18(3)21(6)29(50-34-30(45-24(9)42)22(7)19(4)27(11-2)47-34)33(46-26)44-17-28-20(5)23(8)31(35(48-28)51-36(41)37(38,39)40)49-32(43)25-15-13-12-14-16-25/h12-16,18-23,26-31,33-35,41H,10-11,17H2,1-9H3/t18-,19-,20-,21-,22-,23-,26?,27?,28?,29?,30?,31?,33-,34+,35+/m0/s1. The van der Waals surface area contributed by atoms with Crippen LogP contribution in [0.25, 0.3) is 0 Å². The molecule has 0 aromatic heterocycles. The lowest BCUT2D eigenvalue weighted by molar-refractivity contribution is -0.350. The second-order valence-electron chi connectivity index (χ2n) is 14.3. The van der Waals surface area contributed by atoms with E-state index in [1.54, 1.807) is 30.3 Å². The van der Waals surface area contributed by atoms with Crippen LogP contribution in [0, 0.1) is 40.9 Å². The average molecular weight is 779 g/mol. The van der Waals surface area contributed by atoms with Gasteiger partial charge in [-0.15, -0.1) is 0 Å². The molecule has 6 unspecified atom stereocenters. The number of hydrogen-bond donors (Lipinski definition) is 1. The van der Waals surface area contributed by atoms with Crippen molar-refractivity contribution >= 4 is 52.6 Å². The van der Waals surface area contributed by atoms with Crippen LogP contribution in [0.3, 0.4) is 0 Å². The molecular weight excluding hydrogens is 725 g/mol. The first-order valence-electron chi connectivity index (χ1n) is 18.0. The quantitative estimate of drug-likeness (QED) is 0.103. The van der Waals surface area contributed by atoms with Crippen LogP contribution in [0.4, 0.5) is 0 Å². The normalized spacial score (nSPS) is 38.8. The Morgan fingerprint density at radius 2 is 1.18 bits per heavy atom. The average Bonchev–Trinajstić information content (AvgIpc) is 3.09. The van der Waals surface area contributed by atoms with Crippen LogP contribution >= 0.6 is 34.8 Å². The highest BCUT2D eigenvalue weighted by Crippen LogP contribution is 2.41. The van der Waals surface area contributed by atoms with Crippen LogP contribution in [0.15, 0.2) is 30.3 Å². The number of benzene rings is 1. The maximum Gasteiger partial charge on any atom is 0.338 e. The third kappa shape index (κ3) is 10.1. The largest absolute Gasteiger partial charge is 0.457 e. The first-order chi connectivity index (χ1) is 24.0. The van der Waals surface area contributed by atoms with Gasteiger partial charge in [-0.2, -0.15) is 0 Å². The molecule has 3 saturated heterocycles. The number of rotatable bonds is 11. The molecule has 51 heavy (non-hydrogen) atoms. The number of esters is 2. The minimum absolute atomic E-state index is 0.0112. The molecule has 15 atom stereocenters. The molecule has 3 aliphatic heterocycles. The Kier molecular flexibility index (Phi) is 14.9. The van der Waals surface area contributed by atoms with E-state index in [-0.39, 0.29) is 54.3 Å². The molecule has 4 rings (SSSR count). The lowest BCUT2D eigenvalue weighted by Crippen LogP contribution is -2.58. The van der Waals surface area contributed by atoms with Gasteiger partial charge < -0.3 is 37.9 Å². The van der Waals surface area contributed by atoms with E-state index >= 15 is 0 Å². The number of carbonyl (C=O) groups is 2. The zero-order valence-corrected chi connectivity index (χ0v) is 33.2. The highest BCUT2D eigenvalue weighted by molar-refractivity contribution is 6.76. The predicted octanol–water partition coefficient (Wildman–Crippen LogP) is 7.72. The Hall–Kier alpha value is -1.70. The van der Waals surface area contributed by atoms with Crippen molar-refractivity contribution in [2.24, 2.45) is 35.5 Å². The summed E-state index contributed by atoms with van der Waals surface area (Å²) in [6.07, 6.45) is -4.32. The highest BCUT2D eigenvalue weighted by atomic mass is 35.6. The van der Waals surface area contributed by atoms with Gasteiger partial charge in [0.2, 0.25) is 12.2 Å². The van der Waals surface area contributed by atoms with Crippen molar-refractivity contribution in [1.82, 2.24) is 0 Å². The number of hydrogen-bond acceptors (Lipinski definition) is 11. The van der Waals surface area contributed by atoms with Gasteiger partial charge in [0.15, 0.2) is 24.8 Å². The molecule has 3 fully saturated rings. The minimum Gasteiger partial charge on any atom is -0.457 e. The number of nitrogens with one attached hydrogen (secondary N) is 1. The molecule has 0 spiro atoms. The van der Waals surface area contributed by atoms with Gasteiger partial charge in [0.25, 0.3) is 3.79 Å². The molecule has 3 heterocycles. The fourth-order valence-corrected chi connectivity index (χ4v) is 7.38. The minimum atomic E-state index is -2.17. The Morgan fingerprint density at radius 1 is 0.686 bits per heavy atom. The van der Waals surface area contributed by atoms with Gasteiger partial charge in [0, 0.05) is 18.8 Å². The summed E-state index contributed by atoms with van der Waals surface area (Å²) in [5, 5.41) is 8.25. The van der Waals surface area contributed by atoms with Crippen molar-refractivity contribution in [2.45, 2.75) is 134 Å². The van der Waals surface area contributed by atoms with Crippen molar-refractivity contribution in [1.29, 1.82) is 5.41 Å². The summed E-state index contributed by atoms with van der Waals surface area (Å²) in [5.74, 6) is -1.97. The van der Waals surface area contributed by atoms with Crippen LogP contribution in [0.2, 0.25) is 0 Å². The Balaban J connectivity index is 1.56. The fraction of sp³-hybridized carbons (Fsp3) is 0.757. The summed E-state index contributed by atoms with van der Waals surface area (Å²) in [7, 11) is 0. The van der Waals surface area contributed by atoms with E-state index in [0.717, 1.165) is 12.8 Å². The molecular formula is C37H54Cl3NO10. The zero-order valence-electron chi connectivity index (χ0n) is 30.9. The third-order valence-corrected chi connectivity index (χ3v) is 11.6. The molecule has 0 amide bonds. The van der Waals surface area contributed by atoms with Gasteiger partial charge in [-0.25, -0.2) is 4.79 Å². The van der Waals surface area contributed by atoms with Crippen LogP contribution in [-0.4, -0.2) is 83.7 Å². The van der Waals surface area contributed by atoms with Gasteiger partial charge in [0.05, 0.1) is 30.5 Å². The summed E-state index contributed by atoms with van der Waals surface area (Å²) in [6, 6.07) is 8.54. The Labute approximate surface area is 317 Å². The molecule has 288 valence electrons. The molecule has 14 heteroatoms. The van der Waals surface area contributed by atoms with Gasteiger partial charge >= 0.3 is 11.9 Å². The lowest BCUT2D eigenvalue weighted by Gasteiger charge is -2.49. The molecule has 3 aliphatic rings. The van der Waals surface area contributed by atoms with E-state index in [9.17, 15) is 9.59 Å². The number of carbonyl (C=O) groups excluding carboxylic acids is 2. The summed E-state index contributed by atoms with van der Waals surface area (Å²) in [5.41, 5.74) is 0.347. The van der Waals surface area contributed by atoms with E-state index in [1.165, 1.54) is 6.92 Å². The number of halogens is 3.